The van der Waals surface area contributed by atoms with Crippen molar-refractivity contribution in [1.29, 1.82) is 0 Å². The molecule has 5 heteroatoms. The molecule has 0 spiro atoms. The van der Waals surface area contributed by atoms with E-state index in [-0.39, 0.29) is 23.5 Å². The molecule has 25 heavy (non-hydrogen) atoms. The molecule has 2 aromatic rings. The van der Waals surface area contributed by atoms with Gasteiger partial charge in [0.05, 0.1) is 11.7 Å². The van der Waals surface area contributed by atoms with Gasteiger partial charge in [0.15, 0.2) is 0 Å². The van der Waals surface area contributed by atoms with E-state index >= 15 is 0 Å². The predicted octanol–water partition coefficient (Wildman–Crippen LogP) is 3.61. The molecule has 0 saturated heterocycles. The summed E-state index contributed by atoms with van der Waals surface area (Å²) in [6.07, 6.45) is 1.09. The molecule has 0 saturated carbocycles. The number of carbonyl (C=O) groups excluding carboxylic acids is 1. The topological polar surface area (TPSA) is 71.2 Å². The predicted molar refractivity (Wildman–Crippen MR) is 99.1 cm³/mol. The van der Waals surface area contributed by atoms with Gasteiger partial charge in [0.2, 0.25) is 5.56 Å². The van der Waals surface area contributed by atoms with E-state index < -0.39 is 0 Å². The summed E-state index contributed by atoms with van der Waals surface area (Å²) in [5.41, 5.74) is 1.92. The highest BCUT2D eigenvalue weighted by molar-refractivity contribution is 5.95. The van der Waals surface area contributed by atoms with E-state index in [0.717, 1.165) is 17.7 Å². The van der Waals surface area contributed by atoms with Gasteiger partial charge in [-0.2, -0.15) is 0 Å². The number of amides is 1. The van der Waals surface area contributed by atoms with E-state index in [1.54, 1.807) is 6.07 Å². The molecule has 5 nitrogen and oxygen atoms in total. The quantitative estimate of drug-likeness (QED) is 0.807. The molecular weight excluding hydrogens is 316 g/mol. The van der Waals surface area contributed by atoms with Crippen molar-refractivity contribution in [2.24, 2.45) is 0 Å². The fraction of sp³-hybridized carbons (Fsp3) is 0.400. The number of nitrogens with one attached hydrogen (secondary N) is 2. The molecule has 1 aromatic heterocycles. The fourth-order valence-corrected chi connectivity index (χ4v) is 2.47. The van der Waals surface area contributed by atoms with Gasteiger partial charge in [0, 0.05) is 18.3 Å². The highest BCUT2D eigenvalue weighted by Crippen LogP contribution is 2.17. The van der Waals surface area contributed by atoms with E-state index in [0.29, 0.717) is 17.8 Å². The van der Waals surface area contributed by atoms with Crippen molar-refractivity contribution in [2.45, 2.75) is 52.7 Å². The summed E-state index contributed by atoms with van der Waals surface area (Å²) in [5, 5.41) is 2.91. The summed E-state index contributed by atoms with van der Waals surface area (Å²) in [4.78, 5) is 26.8. The number of carbonyl (C=O) groups is 1. The molecule has 1 atom stereocenters. The van der Waals surface area contributed by atoms with Crippen molar-refractivity contribution < 1.29 is 9.53 Å². The minimum atomic E-state index is -0.201. The smallest absolute Gasteiger partial charge is 0.253 e. The van der Waals surface area contributed by atoms with Crippen LogP contribution in [0.5, 0.6) is 5.75 Å². The second kappa shape index (κ2) is 8.51. The van der Waals surface area contributed by atoms with Crippen molar-refractivity contribution in [3.05, 3.63) is 63.6 Å². The number of benzene rings is 1. The average molecular weight is 342 g/mol. The molecule has 1 heterocycles. The van der Waals surface area contributed by atoms with Crippen molar-refractivity contribution >= 4 is 5.91 Å². The Labute approximate surface area is 148 Å². The Kier molecular flexibility index (Phi) is 6.39. The van der Waals surface area contributed by atoms with Crippen LogP contribution < -0.4 is 15.6 Å². The minimum Gasteiger partial charge on any atom is -0.491 e. The van der Waals surface area contributed by atoms with E-state index in [1.165, 1.54) is 6.07 Å². The lowest BCUT2D eigenvalue weighted by Gasteiger charge is -2.14. The van der Waals surface area contributed by atoms with Crippen LogP contribution in [0.25, 0.3) is 0 Å². The zero-order valence-electron chi connectivity index (χ0n) is 15.3. The molecule has 2 rings (SSSR count). The Morgan fingerprint density at radius 1 is 1.20 bits per heavy atom. The Hall–Kier alpha value is -2.56. The van der Waals surface area contributed by atoms with Crippen molar-refractivity contribution in [3.63, 3.8) is 0 Å². The highest BCUT2D eigenvalue weighted by atomic mass is 16.5. The second-order valence-electron chi connectivity index (χ2n) is 6.47. The number of aromatic amines is 1. The lowest BCUT2D eigenvalue weighted by molar-refractivity contribution is 0.0949. The number of hydrogen-bond acceptors (Lipinski definition) is 3. The van der Waals surface area contributed by atoms with E-state index in [2.05, 4.69) is 17.2 Å². The zero-order chi connectivity index (χ0) is 18.4. The largest absolute Gasteiger partial charge is 0.491 e. The minimum absolute atomic E-state index is 0.0573. The number of pyridine rings is 1. The number of H-pyrrole nitrogens is 1. The maximum absolute atomic E-state index is 12.5. The summed E-state index contributed by atoms with van der Waals surface area (Å²) in [7, 11) is 0. The molecule has 1 unspecified atom stereocenters. The van der Waals surface area contributed by atoms with Gasteiger partial charge in [0.1, 0.15) is 5.75 Å². The van der Waals surface area contributed by atoms with Crippen LogP contribution in [0, 0.1) is 0 Å². The first kappa shape index (κ1) is 18.8. The number of ether oxygens (including phenoxy) is 1. The first-order valence-corrected chi connectivity index (χ1v) is 8.67. The summed E-state index contributed by atoms with van der Waals surface area (Å²) in [6, 6.07) is 10.7. The summed E-state index contributed by atoms with van der Waals surface area (Å²) >= 11 is 0. The second-order valence-corrected chi connectivity index (χ2v) is 6.47. The lowest BCUT2D eigenvalue weighted by Crippen LogP contribution is -2.26. The zero-order valence-corrected chi connectivity index (χ0v) is 15.3. The third-order valence-corrected chi connectivity index (χ3v) is 4.04. The first-order valence-electron chi connectivity index (χ1n) is 8.67. The van der Waals surface area contributed by atoms with Crippen LogP contribution in [0.1, 0.15) is 61.6 Å². The van der Waals surface area contributed by atoms with Gasteiger partial charge < -0.3 is 15.0 Å². The molecule has 0 aliphatic carbocycles. The molecule has 0 bridgehead atoms. The fourth-order valence-electron chi connectivity index (χ4n) is 2.47. The van der Waals surface area contributed by atoms with Gasteiger partial charge in [-0.3, -0.25) is 9.59 Å². The van der Waals surface area contributed by atoms with E-state index in [1.807, 2.05) is 45.0 Å². The highest BCUT2D eigenvalue weighted by Gasteiger charge is 2.14. The molecule has 1 aromatic carbocycles. The van der Waals surface area contributed by atoms with E-state index in [4.69, 9.17) is 4.74 Å². The van der Waals surface area contributed by atoms with Gasteiger partial charge >= 0.3 is 0 Å². The van der Waals surface area contributed by atoms with Crippen LogP contribution in [0.15, 0.2) is 41.2 Å². The van der Waals surface area contributed by atoms with Crippen LogP contribution in [0.2, 0.25) is 0 Å². The maximum atomic E-state index is 12.5. The van der Waals surface area contributed by atoms with Crippen LogP contribution >= 0.6 is 0 Å². The standard InChI is InChI=1S/C20H26N2O3/c1-5-14(4)25-16-8-6-7-15(11-16)12-21-20(24)17-9-10-18(23)22-19(17)13(2)3/h6-11,13-14H,5,12H2,1-4H3,(H,21,24)(H,22,23). The molecule has 0 aliphatic rings. The monoisotopic (exact) mass is 342 g/mol. The normalized spacial score (nSPS) is 12.0. The first-order chi connectivity index (χ1) is 11.9. The van der Waals surface area contributed by atoms with Crippen molar-refractivity contribution in [2.75, 3.05) is 0 Å². The van der Waals surface area contributed by atoms with Crippen LogP contribution in [-0.2, 0) is 6.54 Å². The van der Waals surface area contributed by atoms with Crippen LogP contribution in [-0.4, -0.2) is 17.0 Å². The van der Waals surface area contributed by atoms with Gasteiger partial charge in [0.25, 0.3) is 5.91 Å². The van der Waals surface area contributed by atoms with Gasteiger partial charge in [-0.1, -0.05) is 32.9 Å². The molecule has 0 radical (unpaired) electrons. The number of rotatable bonds is 7. The molecule has 1 amide bonds. The Balaban J connectivity index is 2.08. The average Bonchev–Trinajstić information content (AvgIpc) is 2.59. The summed E-state index contributed by atoms with van der Waals surface area (Å²) in [5.74, 6) is 0.656. The number of hydrogen-bond donors (Lipinski definition) is 2. The number of aromatic nitrogens is 1. The molecule has 2 N–H and O–H groups in total. The third kappa shape index (κ3) is 5.21. The Bertz CT molecular complexity index is 781. The Morgan fingerprint density at radius 2 is 1.96 bits per heavy atom. The molecule has 134 valence electrons. The van der Waals surface area contributed by atoms with Crippen molar-refractivity contribution in [1.82, 2.24) is 10.3 Å². The molecular formula is C20H26N2O3. The Morgan fingerprint density at radius 3 is 2.64 bits per heavy atom. The summed E-state index contributed by atoms with van der Waals surface area (Å²) < 4.78 is 5.81. The van der Waals surface area contributed by atoms with Gasteiger partial charge in [-0.15, -0.1) is 0 Å². The maximum Gasteiger partial charge on any atom is 0.253 e. The van der Waals surface area contributed by atoms with Crippen LogP contribution in [0.3, 0.4) is 0 Å². The van der Waals surface area contributed by atoms with Crippen molar-refractivity contribution in [3.8, 4) is 5.75 Å². The third-order valence-electron chi connectivity index (χ3n) is 4.04. The van der Waals surface area contributed by atoms with Gasteiger partial charge in [-0.25, -0.2) is 0 Å². The molecule has 0 aliphatic heterocycles. The molecule has 0 fully saturated rings. The summed E-state index contributed by atoms with van der Waals surface area (Å²) in [6.45, 7) is 8.38. The lowest BCUT2D eigenvalue weighted by atomic mass is 10.0. The van der Waals surface area contributed by atoms with Crippen LogP contribution in [0.4, 0.5) is 0 Å². The van der Waals surface area contributed by atoms with E-state index in [9.17, 15) is 9.59 Å². The van der Waals surface area contributed by atoms with Gasteiger partial charge in [-0.05, 0) is 43.0 Å². The SMILES string of the molecule is CCC(C)Oc1cccc(CNC(=O)c2ccc(=O)[nH]c2C(C)C)c1.